The summed E-state index contributed by atoms with van der Waals surface area (Å²) in [4.78, 5) is 0. The molecule has 1 rings (SSSR count). The number of para-hydroxylation sites is 1. The maximum absolute atomic E-state index is 5.54. The lowest BCUT2D eigenvalue weighted by Crippen LogP contribution is -2.25. The van der Waals surface area contributed by atoms with Crippen molar-refractivity contribution < 1.29 is 4.74 Å². The average molecular weight is 259 g/mol. The average Bonchev–Trinajstić information content (AvgIpc) is 2.44. The molecule has 0 heterocycles. The van der Waals surface area contributed by atoms with E-state index in [-0.39, 0.29) is 0 Å². The highest BCUT2D eigenvalue weighted by Gasteiger charge is 2.05. The number of rotatable bonds is 9. The van der Waals surface area contributed by atoms with Crippen molar-refractivity contribution in [1.82, 2.24) is 5.32 Å². The number of unbranched alkanes of at least 4 members (excludes halogenated alkanes) is 2. The molecule has 1 N–H and O–H groups in total. The third kappa shape index (κ3) is 6.31. The highest BCUT2D eigenvalue weighted by molar-refractivity contribution is 5.33. The number of ether oxygens (including phenoxy) is 1. The topological polar surface area (TPSA) is 21.3 Å². The molecule has 0 fully saturated rings. The van der Waals surface area contributed by atoms with E-state index in [4.69, 9.17) is 11.2 Å². The van der Waals surface area contributed by atoms with Crippen molar-refractivity contribution in [3.05, 3.63) is 29.8 Å². The largest absolute Gasteiger partial charge is 0.481 e. The van der Waals surface area contributed by atoms with Crippen LogP contribution in [-0.2, 0) is 6.54 Å². The number of hydrogen-bond acceptors (Lipinski definition) is 2. The van der Waals surface area contributed by atoms with Crippen LogP contribution in [0, 0.1) is 12.3 Å². The van der Waals surface area contributed by atoms with E-state index in [0.717, 1.165) is 12.3 Å². The Morgan fingerprint density at radius 3 is 2.84 bits per heavy atom. The molecule has 0 bridgehead atoms. The van der Waals surface area contributed by atoms with E-state index < -0.39 is 0 Å². The Bertz CT molecular complexity index is 394. The van der Waals surface area contributed by atoms with E-state index in [9.17, 15) is 0 Å². The smallest absolute Gasteiger partial charge is 0.148 e. The summed E-state index contributed by atoms with van der Waals surface area (Å²) in [6.45, 7) is 5.62. The van der Waals surface area contributed by atoms with Gasteiger partial charge in [0.25, 0.3) is 0 Å². The van der Waals surface area contributed by atoms with Crippen LogP contribution in [0.2, 0.25) is 0 Å². The SMILES string of the molecule is C#CCOc1ccccc1CNC(C)CCCCC. The van der Waals surface area contributed by atoms with E-state index in [2.05, 4.69) is 31.2 Å². The summed E-state index contributed by atoms with van der Waals surface area (Å²) in [7, 11) is 0. The molecule has 0 aliphatic rings. The van der Waals surface area contributed by atoms with Gasteiger partial charge in [0, 0.05) is 18.2 Å². The van der Waals surface area contributed by atoms with Crippen molar-refractivity contribution in [3.8, 4) is 18.1 Å². The van der Waals surface area contributed by atoms with Crippen LogP contribution in [0.3, 0.4) is 0 Å². The molecule has 0 saturated heterocycles. The second kappa shape index (κ2) is 9.47. The van der Waals surface area contributed by atoms with Gasteiger partial charge in [0.1, 0.15) is 12.4 Å². The lowest BCUT2D eigenvalue weighted by molar-refractivity contribution is 0.363. The van der Waals surface area contributed by atoms with Gasteiger partial charge in [-0.15, -0.1) is 6.42 Å². The number of terminal acetylenes is 1. The van der Waals surface area contributed by atoms with Crippen LogP contribution in [-0.4, -0.2) is 12.6 Å². The summed E-state index contributed by atoms with van der Waals surface area (Å²) < 4.78 is 5.54. The van der Waals surface area contributed by atoms with Gasteiger partial charge in [-0.1, -0.05) is 50.3 Å². The minimum Gasteiger partial charge on any atom is -0.481 e. The fourth-order valence-electron chi connectivity index (χ4n) is 2.00. The molecule has 0 amide bonds. The van der Waals surface area contributed by atoms with E-state index in [1.165, 1.54) is 31.2 Å². The Balaban J connectivity index is 2.41. The molecule has 2 nitrogen and oxygen atoms in total. The molecule has 0 radical (unpaired) electrons. The lowest BCUT2D eigenvalue weighted by Gasteiger charge is -2.15. The van der Waals surface area contributed by atoms with E-state index in [1.54, 1.807) is 0 Å². The number of hydrogen-bond donors (Lipinski definition) is 1. The standard InChI is InChI=1S/C17H25NO/c1-4-6-7-10-15(3)18-14-16-11-8-9-12-17(16)19-13-5-2/h2,8-9,11-12,15,18H,4,6-7,10,13-14H2,1,3H3. The van der Waals surface area contributed by atoms with Crippen LogP contribution in [0.4, 0.5) is 0 Å². The molecule has 0 aliphatic heterocycles. The first-order valence-corrected chi connectivity index (χ1v) is 7.15. The monoisotopic (exact) mass is 259 g/mol. The Morgan fingerprint density at radius 2 is 2.11 bits per heavy atom. The molecule has 104 valence electrons. The molecule has 19 heavy (non-hydrogen) atoms. The fraction of sp³-hybridized carbons (Fsp3) is 0.529. The van der Waals surface area contributed by atoms with Crippen LogP contribution < -0.4 is 10.1 Å². The van der Waals surface area contributed by atoms with Gasteiger partial charge in [-0.05, 0) is 19.4 Å². The summed E-state index contributed by atoms with van der Waals surface area (Å²) in [5.74, 6) is 3.38. The number of nitrogens with one attached hydrogen (secondary N) is 1. The highest BCUT2D eigenvalue weighted by atomic mass is 16.5. The highest BCUT2D eigenvalue weighted by Crippen LogP contribution is 2.18. The van der Waals surface area contributed by atoms with Crippen LogP contribution in [0.15, 0.2) is 24.3 Å². The van der Waals surface area contributed by atoms with Gasteiger partial charge >= 0.3 is 0 Å². The predicted molar refractivity (Wildman–Crippen MR) is 81.2 cm³/mol. The minimum absolute atomic E-state index is 0.322. The van der Waals surface area contributed by atoms with Crippen molar-refractivity contribution in [2.45, 2.75) is 52.1 Å². The van der Waals surface area contributed by atoms with Gasteiger partial charge in [-0.25, -0.2) is 0 Å². The van der Waals surface area contributed by atoms with Gasteiger partial charge in [0.2, 0.25) is 0 Å². The van der Waals surface area contributed by atoms with Gasteiger partial charge in [0.15, 0.2) is 0 Å². The Labute approximate surface area is 117 Å². The second-order valence-corrected chi connectivity index (χ2v) is 4.88. The second-order valence-electron chi connectivity index (χ2n) is 4.88. The Kier molecular flexibility index (Phi) is 7.77. The minimum atomic E-state index is 0.322. The zero-order valence-corrected chi connectivity index (χ0v) is 12.1. The molecule has 0 aliphatic carbocycles. The summed E-state index contributed by atoms with van der Waals surface area (Å²) in [6.07, 6.45) is 10.3. The van der Waals surface area contributed by atoms with Crippen molar-refractivity contribution >= 4 is 0 Å². The summed E-state index contributed by atoms with van der Waals surface area (Å²) >= 11 is 0. The van der Waals surface area contributed by atoms with Crippen molar-refractivity contribution in [2.24, 2.45) is 0 Å². The first kappa shape index (κ1) is 15.6. The van der Waals surface area contributed by atoms with Crippen LogP contribution in [0.25, 0.3) is 0 Å². The Morgan fingerprint density at radius 1 is 1.32 bits per heavy atom. The quantitative estimate of drug-likeness (QED) is 0.538. The summed E-state index contributed by atoms with van der Waals surface area (Å²) in [5.41, 5.74) is 1.17. The first-order chi connectivity index (χ1) is 9.27. The maximum Gasteiger partial charge on any atom is 0.148 e. The summed E-state index contributed by atoms with van der Waals surface area (Å²) in [5, 5.41) is 3.54. The third-order valence-corrected chi connectivity index (χ3v) is 3.17. The van der Waals surface area contributed by atoms with Crippen LogP contribution >= 0.6 is 0 Å². The molecule has 1 atom stereocenters. The Hall–Kier alpha value is -1.46. The van der Waals surface area contributed by atoms with Crippen LogP contribution in [0.1, 0.15) is 45.1 Å². The van der Waals surface area contributed by atoms with Gasteiger partial charge in [0.05, 0.1) is 0 Å². The first-order valence-electron chi connectivity index (χ1n) is 7.15. The molecule has 2 heteroatoms. The summed E-state index contributed by atoms with van der Waals surface area (Å²) in [6, 6.07) is 8.59. The zero-order valence-electron chi connectivity index (χ0n) is 12.1. The van der Waals surface area contributed by atoms with Crippen LogP contribution in [0.5, 0.6) is 5.75 Å². The van der Waals surface area contributed by atoms with E-state index in [0.29, 0.717) is 12.6 Å². The molecule has 1 aromatic carbocycles. The molecular weight excluding hydrogens is 234 g/mol. The maximum atomic E-state index is 5.54. The normalized spacial score (nSPS) is 11.8. The molecule has 0 spiro atoms. The van der Waals surface area contributed by atoms with Crippen molar-refractivity contribution in [3.63, 3.8) is 0 Å². The van der Waals surface area contributed by atoms with Crippen molar-refractivity contribution in [2.75, 3.05) is 6.61 Å². The molecule has 1 unspecified atom stereocenters. The lowest BCUT2D eigenvalue weighted by atomic mass is 10.1. The van der Waals surface area contributed by atoms with E-state index in [1.807, 2.05) is 18.2 Å². The zero-order chi connectivity index (χ0) is 13.9. The fourth-order valence-corrected chi connectivity index (χ4v) is 2.00. The molecule has 0 saturated carbocycles. The molecular formula is C17H25NO. The third-order valence-electron chi connectivity index (χ3n) is 3.17. The van der Waals surface area contributed by atoms with Crippen molar-refractivity contribution in [1.29, 1.82) is 0 Å². The van der Waals surface area contributed by atoms with Gasteiger partial charge < -0.3 is 10.1 Å². The molecule has 1 aromatic rings. The van der Waals surface area contributed by atoms with E-state index >= 15 is 0 Å². The number of benzene rings is 1. The molecule has 0 aromatic heterocycles. The predicted octanol–water partition coefficient (Wildman–Crippen LogP) is 3.76. The van der Waals surface area contributed by atoms with Gasteiger partial charge in [-0.3, -0.25) is 0 Å². The van der Waals surface area contributed by atoms with Gasteiger partial charge in [-0.2, -0.15) is 0 Å².